The largest absolute Gasteiger partial charge is 0.345 e. The Kier molecular flexibility index (Phi) is 5.59. The summed E-state index contributed by atoms with van der Waals surface area (Å²) in [6.07, 6.45) is 2.90. The van der Waals surface area contributed by atoms with E-state index in [0.717, 1.165) is 30.8 Å². The van der Waals surface area contributed by atoms with Gasteiger partial charge in [0, 0.05) is 26.8 Å². The summed E-state index contributed by atoms with van der Waals surface area (Å²) >= 11 is 0. The van der Waals surface area contributed by atoms with Crippen LogP contribution in [0.5, 0.6) is 0 Å². The van der Waals surface area contributed by atoms with Gasteiger partial charge in [-0.3, -0.25) is 13.9 Å². The van der Waals surface area contributed by atoms with Gasteiger partial charge >= 0.3 is 5.69 Å². The van der Waals surface area contributed by atoms with Gasteiger partial charge in [0.15, 0.2) is 0 Å². The fourth-order valence-corrected chi connectivity index (χ4v) is 3.76. The quantitative estimate of drug-likeness (QED) is 0.666. The van der Waals surface area contributed by atoms with Gasteiger partial charge in [-0.15, -0.1) is 0 Å². The molecule has 0 N–H and O–H groups in total. The highest BCUT2D eigenvalue weighted by Gasteiger charge is 2.20. The molecule has 0 bridgehead atoms. The molecule has 0 saturated heterocycles. The number of benzene rings is 1. The van der Waals surface area contributed by atoms with E-state index in [0.29, 0.717) is 10.9 Å². The first-order valence-electron chi connectivity index (χ1n) is 10.1. The van der Waals surface area contributed by atoms with Crippen molar-refractivity contribution in [2.45, 2.75) is 39.2 Å². The maximum atomic E-state index is 13.0. The van der Waals surface area contributed by atoms with E-state index < -0.39 is 0 Å². The summed E-state index contributed by atoms with van der Waals surface area (Å²) in [5.74, 6) is 0. The molecular formula is C23H32N4O2. The molecule has 3 rings (SSSR count). The maximum Gasteiger partial charge on any atom is 0.330 e. The first-order chi connectivity index (χ1) is 13.5. The second-order valence-electron chi connectivity index (χ2n) is 9.12. The summed E-state index contributed by atoms with van der Waals surface area (Å²) in [4.78, 5) is 27.6. The minimum absolute atomic E-state index is 0.0638. The Bertz CT molecular complexity index is 1140. The lowest BCUT2D eigenvalue weighted by Crippen LogP contribution is -2.36. The molecule has 0 spiro atoms. The molecule has 1 aromatic carbocycles. The van der Waals surface area contributed by atoms with Gasteiger partial charge < -0.3 is 9.47 Å². The highest BCUT2D eigenvalue weighted by molar-refractivity contribution is 5.93. The molecule has 0 radical (unpaired) electrons. The number of rotatable bonds is 5. The third kappa shape index (κ3) is 3.94. The molecule has 0 fully saturated rings. The zero-order valence-corrected chi connectivity index (χ0v) is 18.6. The Morgan fingerprint density at radius 2 is 1.59 bits per heavy atom. The molecule has 0 aliphatic heterocycles. The van der Waals surface area contributed by atoms with Crippen molar-refractivity contribution >= 4 is 10.9 Å². The fourth-order valence-electron chi connectivity index (χ4n) is 3.76. The smallest absolute Gasteiger partial charge is 0.330 e. The molecule has 2 aromatic heterocycles. The van der Waals surface area contributed by atoms with Crippen molar-refractivity contribution in [2.75, 3.05) is 20.6 Å². The van der Waals surface area contributed by atoms with Crippen molar-refractivity contribution in [3.8, 4) is 11.3 Å². The van der Waals surface area contributed by atoms with Crippen molar-refractivity contribution < 1.29 is 0 Å². The van der Waals surface area contributed by atoms with Crippen LogP contribution in [0.15, 0.2) is 40.1 Å². The Morgan fingerprint density at radius 3 is 2.14 bits per heavy atom. The predicted molar refractivity (Wildman–Crippen MR) is 120 cm³/mol. The summed E-state index contributed by atoms with van der Waals surface area (Å²) in [6.45, 7) is 8.29. The van der Waals surface area contributed by atoms with Crippen LogP contribution >= 0.6 is 0 Å². The van der Waals surface area contributed by atoms with E-state index in [1.54, 1.807) is 18.7 Å². The third-order valence-corrected chi connectivity index (χ3v) is 5.54. The van der Waals surface area contributed by atoms with Gasteiger partial charge in [-0.2, -0.15) is 0 Å². The molecule has 156 valence electrons. The summed E-state index contributed by atoms with van der Waals surface area (Å²) in [5, 5.41) is 0.600. The average Bonchev–Trinajstić information content (AvgIpc) is 3.03. The van der Waals surface area contributed by atoms with Gasteiger partial charge in [-0.25, -0.2) is 4.79 Å². The lowest BCUT2D eigenvalue weighted by Gasteiger charge is -2.19. The van der Waals surface area contributed by atoms with E-state index >= 15 is 0 Å². The Balaban J connectivity index is 2.24. The van der Waals surface area contributed by atoms with E-state index in [1.807, 2.05) is 6.20 Å². The van der Waals surface area contributed by atoms with Crippen molar-refractivity contribution in [3.63, 3.8) is 0 Å². The van der Waals surface area contributed by atoms with Crippen LogP contribution < -0.4 is 11.2 Å². The summed E-state index contributed by atoms with van der Waals surface area (Å²) in [5.41, 5.74) is 3.32. The van der Waals surface area contributed by atoms with Crippen LogP contribution in [0.4, 0.5) is 0 Å². The lowest BCUT2D eigenvalue weighted by molar-refractivity contribution is 0.387. The minimum atomic E-state index is -0.303. The summed E-state index contributed by atoms with van der Waals surface area (Å²) < 4.78 is 4.88. The van der Waals surface area contributed by atoms with Gasteiger partial charge in [0.2, 0.25) is 0 Å². The van der Waals surface area contributed by atoms with Crippen LogP contribution in [0.2, 0.25) is 0 Å². The van der Waals surface area contributed by atoms with Crippen molar-refractivity contribution in [2.24, 2.45) is 14.1 Å². The zero-order valence-electron chi connectivity index (χ0n) is 18.6. The Labute approximate surface area is 172 Å². The van der Waals surface area contributed by atoms with Crippen LogP contribution in [0.25, 0.3) is 22.2 Å². The zero-order chi connectivity index (χ0) is 21.5. The Hall–Kier alpha value is -2.60. The lowest BCUT2D eigenvalue weighted by atomic mass is 9.86. The molecule has 0 atom stereocenters. The molecule has 0 unspecified atom stereocenters. The van der Waals surface area contributed by atoms with Crippen molar-refractivity contribution in [3.05, 3.63) is 56.9 Å². The fraction of sp³-hybridized carbons (Fsp3) is 0.478. The molecule has 2 heterocycles. The van der Waals surface area contributed by atoms with Gasteiger partial charge in [-0.05, 0) is 43.6 Å². The topological polar surface area (TPSA) is 52.2 Å². The van der Waals surface area contributed by atoms with Crippen LogP contribution in [-0.2, 0) is 26.1 Å². The summed E-state index contributed by atoms with van der Waals surface area (Å²) in [6, 6.07) is 8.43. The molecule has 0 amide bonds. The molecular weight excluding hydrogens is 364 g/mol. The van der Waals surface area contributed by atoms with Crippen molar-refractivity contribution in [1.29, 1.82) is 0 Å². The minimum Gasteiger partial charge on any atom is -0.345 e. The van der Waals surface area contributed by atoms with E-state index in [2.05, 4.69) is 68.6 Å². The van der Waals surface area contributed by atoms with Crippen LogP contribution in [0.1, 0.15) is 32.8 Å². The van der Waals surface area contributed by atoms with Gasteiger partial charge in [0.1, 0.15) is 0 Å². The molecule has 3 aromatic rings. The van der Waals surface area contributed by atoms with E-state index in [4.69, 9.17) is 0 Å². The first kappa shape index (κ1) is 21.1. The van der Waals surface area contributed by atoms with E-state index in [1.165, 1.54) is 10.1 Å². The average molecular weight is 397 g/mol. The monoisotopic (exact) mass is 396 g/mol. The van der Waals surface area contributed by atoms with Crippen LogP contribution in [0, 0.1) is 0 Å². The van der Waals surface area contributed by atoms with Crippen molar-refractivity contribution in [1.82, 2.24) is 18.6 Å². The SMILES string of the molecule is CN(C)CCCn1cc2c(c1-c1ccc(C(C)(C)C)cc1)c(=O)n(C)c(=O)n2C. The Morgan fingerprint density at radius 1 is 0.966 bits per heavy atom. The maximum absolute atomic E-state index is 13.0. The van der Waals surface area contributed by atoms with Gasteiger partial charge in [0.05, 0.1) is 16.6 Å². The van der Waals surface area contributed by atoms with Gasteiger partial charge in [-0.1, -0.05) is 45.0 Å². The van der Waals surface area contributed by atoms with E-state index in [9.17, 15) is 9.59 Å². The second-order valence-corrected chi connectivity index (χ2v) is 9.12. The number of hydrogen-bond donors (Lipinski definition) is 0. The second kappa shape index (κ2) is 7.67. The van der Waals surface area contributed by atoms with Gasteiger partial charge in [0.25, 0.3) is 5.56 Å². The van der Waals surface area contributed by atoms with Crippen LogP contribution in [0.3, 0.4) is 0 Å². The predicted octanol–water partition coefficient (Wildman–Crippen LogP) is 2.95. The summed E-state index contributed by atoms with van der Waals surface area (Å²) in [7, 11) is 7.37. The highest BCUT2D eigenvalue weighted by atomic mass is 16.2. The third-order valence-electron chi connectivity index (χ3n) is 5.54. The molecule has 6 heteroatoms. The van der Waals surface area contributed by atoms with E-state index in [-0.39, 0.29) is 16.7 Å². The van der Waals surface area contributed by atoms with Crippen LogP contribution in [-0.4, -0.2) is 39.2 Å². The molecule has 6 nitrogen and oxygen atoms in total. The number of aryl methyl sites for hydroxylation is 2. The molecule has 0 saturated carbocycles. The number of fused-ring (bicyclic) bond motifs is 1. The number of hydrogen-bond acceptors (Lipinski definition) is 3. The standard InChI is InChI=1S/C23H32N4O2/c1-23(2,3)17-11-9-16(10-12-17)20-19-18(15-27(20)14-8-13-24(4)5)25(6)22(29)26(7)21(19)28/h9-12,15H,8,13-14H2,1-7H3. The normalized spacial score (nSPS) is 12.3. The first-order valence-corrected chi connectivity index (χ1v) is 10.1. The number of nitrogens with zero attached hydrogens (tertiary/aromatic N) is 4. The molecule has 0 aliphatic rings. The molecule has 0 aliphatic carbocycles. The number of aromatic nitrogens is 3. The molecule has 29 heavy (non-hydrogen) atoms. The highest BCUT2D eigenvalue weighted by Crippen LogP contribution is 2.30.